The zero-order valence-electron chi connectivity index (χ0n) is 12.4. The Morgan fingerprint density at radius 3 is 3.11 bits per heavy atom. The molecule has 4 heteroatoms. The van der Waals surface area contributed by atoms with Gasteiger partial charge in [-0.1, -0.05) is 6.07 Å². The highest BCUT2D eigenvalue weighted by Gasteiger charge is 2.20. The van der Waals surface area contributed by atoms with E-state index < -0.39 is 0 Å². The van der Waals surface area contributed by atoms with Crippen molar-refractivity contribution in [1.82, 2.24) is 15.1 Å². The summed E-state index contributed by atoms with van der Waals surface area (Å²) in [6, 6.07) is 5.55. The van der Waals surface area contributed by atoms with Crippen molar-refractivity contribution in [2.45, 2.75) is 31.8 Å². The fourth-order valence-electron chi connectivity index (χ4n) is 2.78. The summed E-state index contributed by atoms with van der Waals surface area (Å²) in [7, 11) is 4.50. The normalized spacial score (nSPS) is 22.8. The van der Waals surface area contributed by atoms with E-state index >= 15 is 0 Å². The molecule has 0 saturated carbocycles. The lowest BCUT2D eigenvalue weighted by Gasteiger charge is -2.36. The molecule has 0 aliphatic carbocycles. The van der Waals surface area contributed by atoms with Crippen molar-refractivity contribution in [3.8, 4) is 0 Å². The Labute approximate surface area is 121 Å². The minimum absolute atomic E-state index is 0.474. The zero-order chi connectivity index (χ0) is 13.7. The van der Waals surface area contributed by atoms with E-state index in [1.165, 1.54) is 30.8 Å². The summed E-state index contributed by atoms with van der Waals surface area (Å²) >= 11 is 1.84. The van der Waals surface area contributed by atoms with Gasteiger partial charge in [-0.2, -0.15) is 0 Å². The van der Waals surface area contributed by atoms with E-state index in [4.69, 9.17) is 0 Å². The van der Waals surface area contributed by atoms with Crippen molar-refractivity contribution >= 4 is 11.3 Å². The van der Waals surface area contributed by atoms with Gasteiger partial charge in [-0.15, -0.1) is 11.3 Å². The molecule has 1 aromatic rings. The van der Waals surface area contributed by atoms with Crippen LogP contribution in [-0.2, 0) is 0 Å². The van der Waals surface area contributed by atoms with Crippen molar-refractivity contribution in [2.24, 2.45) is 0 Å². The Bertz CT molecular complexity index is 352. The van der Waals surface area contributed by atoms with Crippen LogP contribution >= 0.6 is 11.3 Å². The lowest BCUT2D eigenvalue weighted by atomic mass is 10.1. The van der Waals surface area contributed by atoms with Crippen LogP contribution in [-0.4, -0.2) is 56.1 Å². The van der Waals surface area contributed by atoms with Crippen molar-refractivity contribution in [2.75, 3.05) is 40.3 Å². The van der Waals surface area contributed by atoms with Crippen LogP contribution in [0.1, 0.15) is 30.7 Å². The molecule has 2 unspecified atom stereocenters. The van der Waals surface area contributed by atoms with Crippen molar-refractivity contribution in [3.05, 3.63) is 22.4 Å². The Morgan fingerprint density at radius 1 is 1.58 bits per heavy atom. The Balaban J connectivity index is 1.67. The smallest absolute Gasteiger partial charge is 0.0386 e. The SMILES string of the molecule is CC(NCCN(C)C1CCCN(C)C1)c1cccs1. The zero-order valence-corrected chi connectivity index (χ0v) is 13.2. The summed E-state index contributed by atoms with van der Waals surface area (Å²) in [5, 5.41) is 5.77. The minimum Gasteiger partial charge on any atom is -0.308 e. The number of nitrogens with one attached hydrogen (secondary N) is 1. The van der Waals surface area contributed by atoms with Gasteiger partial charge in [0.05, 0.1) is 0 Å². The van der Waals surface area contributed by atoms with Crippen molar-refractivity contribution in [3.63, 3.8) is 0 Å². The molecule has 2 heterocycles. The first-order valence-corrected chi connectivity index (χ1v) is 8.20. The van der Waals surface area contributed by atoms with Crippen LogP contribution in [0.5, 0.6) is 0 Å². The summed E-state index contributed by atoms with van der Waals surface area (Å²) in [5.41, 5.74) is 0. The van der Waals surface area contributed by atoms with Gasteiger partial charge in [-0.05, 0) is 51.9 Å². The molecule has 1 fully saturated rings. The van der Waals surface area contributed by atoms with E-state index in [-0.39, 0.29) is 0 Å². The maximum absolute atomic E-state index is 3.62. The van der Waals surface area contributed by atoms with Crippen LogP contribution in [0.2, 0.25) is 0 Å². The van der Waals surface area contributed by atoms with Crippen molar-refractivity contribution in [1.29, 1.82) is 0 Å². The topological polar surface area (TPSA) is 18.5 Å². The second-order valence-corrected chi connectivity index (χ2v) is 6.71. The first-order chi connectivity index (χ1) is 9.16. The maximum atomic E-state index is 3.62. The first-order valence-electron chi connectivity index (χ1n) is 7.32. The summed E-state index contributed by atoms with van der Waals surface area (Å²) < 4.78 is 0. The monoisotopic (exact) mass is 281 g/mol. The van der Waals surface area contributed by atoms with Gasteiger partial charge in [0.2, 0.25) is 0 Å². The van der Waals surface area contributed by atoms with Gasteiger partial charge in [0.25, 0.3) is 0 Å². The average Bonchev–Trinajstić information content (AvgIpc) is 2.92. The lowest BCUT2D eigenvalue weighted by Crippen LogP contribution is -2.46. The molecule has 1 aliphatic rings. The second-order valence-electron chi connectivity index (χ2n) is 5.73. The molecule has 1 aromatic heterocycles. The molecule has 2 rings (SSSR count). The van der Waals surface area contributed by atoms with E-state index in [2.05, 4.69) is 53.6 Å². The number of likely N-dealkylation sites (tertiary alicyclic amines) is 1. The van der Waals surface area contributed by atoms with Gasteiger partial charge in [-0.3, -0.25) is 0 Å². The first kappa shape index (κ1) is 15.0. The predicted molar refractivity (Wildman–Crippen MR) is 83.9 cm³/mol. The number of hydrogen-bond donors (Lipinski definition) is 1. The third-order valence-corrected chi connectivity index (χ3v) is 5.16. The molecule has 1 N–H and O–H groups in total. The number of likely N-dealkylation sites (N-methyl/N-ethyl adjacent to an activating group) is 2. The predicted octanol–water partition coefficient (Wildman–Crippen LogP) is 2.42. The molecule has 0 radical (unpaired) electrons. The quantitative estimate of drug-likeness (QED) is 0.864. The molecule has 1 saturated heterocycles. The van der Waals surface area contributed by atoms with Gasteiger partial charge in [0.15, 0.2) is 0 Å². The summed E-state index contributed by atoms with van der Waals surface area (Å²) in [5.74, 6) is 0. The molecule has 0 aromatic carbocycles. The Morgan fingerprint density at radius 2 is 2.42 bits per heavy atom. The molecule has 0 bridgehead atoms. The van der Waals surface area contributed by atoms with Crippen LogP contribution in [0, 0.1) is 0 Å². The maximum Gasteiger partial charge on any atom is 0.0386 e. The second kappa shape index (κ2) is 7.39. The van der Waals surface area contributed by atoms with Crippen LogP contribution in [0.4, 0.5) is 0 Å². The highest BCUT2D eigenvalue weighted by molar-refractivity contribution is 7.10. The number of nitrogens with zero attached hydrogens (tertiary/aromatic N) is 2. The molecular weight excluding hydrogens is 254 g/mol. The molecule has 0 amide bonds. The molecule has 0 spiro atoms. The highest BCUT2D eigenvalue weighted by atomic mass is 32.1. The molecule has 2 atom stereocenters. The lowest BCUT2D eigenvalue weighted by molar-refractivity contribution is 0.134. The summed E-state index contributed by atoms with van der Waals surface area (Å²) in [6.45, 7) is 6.93. The van der Waals surface area contributed by atoms with E-state index in [0.717, 1.165) is 19.1 Å². The number of rotatable bonds is 6. The molecule has 3 nitrogen and oxygen atoms in total. The van der Waals surface area contributed by atoms with E-state index in [0.29, 0.717) is 6.04 Å². The standard InChI is InChI=1S/C15H27N3S/c1-13(15-7-5-11-19-15)16-8-10-18(3)14-6-4-9-17(2)12-14/h5,7,11,13-14,16H,4,6,8-10,12H2,1-3H3. The van der Waals surface area contributed by atoms with Crippen LogP contribution < -0.4 is 5.32 Å². The molecule has 108 valence electrons. The summed E-state index contributed by atoms with van der Waals surface area (Å²) in [4.78, 5) is 6.40. The van der Waals surface area contributed by atoms with Crippen molar-refractivity contribution < 1.29 is 0 Å². The van der Waals surface area contributed by atoms with Gasteiger partial charge in [0.1, 0.15) is 0 Å². The fraction of sp³-hybridized carbons (Fsp3) is 0.733. The number of piperidine rings is 1. The van der Waals surface area contributed by atoms with Crippen LogP contribution in [0.3, 0.4) is 0 Å². The molecular formula is C15H27N3S. The van der Waals surface area contributed by atoms with E-state index in [9.17, 15) is 0 Å². The van der Waals surface area contributed by atoms with Gasteiger partial charge in [-0.25, -0.2) is 0 Å². The third-order valence-electron chi connectivity index (χ3n) is 4.11. The largest absolute Gasteiger partial charge is 0.308 e. The third kappa shape index (κ3) is 4.56. The van der Waals surface area contributed by atoms with Gasteiger partial charge >= 0.3 is 0 Å². The summed E-state index contributed by atoms with van der Waals surface area (Å²) in [6.07, 6.45) is 2.69. The number of hydrogen-bond acceptors (Lipinski definition) is 4. The van der Waals surface area contributed by atoms with Crippen LogP contribution in [0.25, 0.3) is 0 Å². The average molecular weight is 281 g/mol. The Kier molecular flexibility index (Phi) is 5.82. The van der Waals surface area contributed by atoms with Gasteiger partial charge in [0, 0.05) is 36.6 Å². The highest BCUT2D eigenvalue weighted by Crippen LogP contribution is 2.18. The van der Waals surface area contributed by atoms with E-state index in [1.54, 1.807) is 0 Å². The van der Waals surface area contributed by atoms with Crippen LogP contribution in [0.15, 0.2) is 17.5 Å². The molecule has 1 aliphatic heterocycles. The number of thiophene rings is 1. The van der Waals surface area contributed by atoms with Gasteiger partial charge < -0.3 is 15.1 Å². The fourth-order valence-corrected chi connectivity index (χ4v) is 3.54. The Hall–Kier alpha value is -0.420. The molecule has 19 heavy (non-hydrogen) atoms. The van der Waals surface area contributed by atoms with E-state index in [1.807, 2.05) is 11.3 Å². The minimum atomic E-state index is 0.474.